The molecule has 0 atom stereocenters. The Kier molecular flexibility index (Phi) is 3.30. The van der Waals surface area contributed by atoms with Gasteiger partial charge in [0.15, 0.2) is 0 Å². The molecule has 0 unspecified atom stereocenters. The Labute approximate surface area is 105 Å². The van der Waals surface area contributed by atoms with Crippen LogP contribution in [0.2, 0.25) is 5.15 Å². The van der Waals surface area contributed by atoms with E-state index in [0.29, 0.717) is 10.1 Å². The minimum atomic E-state index is -0.631. The van der Waals surface area contributed by atoms with E-state index in [1.165, 1.54) is 11.3 Å². The molecular weight excluding hydrogens is 267 g/mol. The van der Waals surface area contributed by atoms with Crippen LogP contribution in [-0.2, 0) is 0 Å². The van der Waals surface area contributed by atoms with E-state index < -0.39 is 11.7 Å². The predicted octanol–water partition coefficient (Wildman–Crippen LogP) is 2.29. The van der Waals surface area contributed by atoms with Crippen LogP contribution in [0.5, 0.6) is 0 Å². The molecule has 2 aromatic heterocycles. The lowest BCUT2D eigenvalue weighted by Gasteiger charge is -2.02. The summed E-state index contributed by atoms with van der Waals surface area (Å²) in [5, 5.41) is 10.9. The van der Waals surface area contributed by atoms with Gasteiger partial charge in [0.1, 0.15) is 16.0 Å². The van der Waals surface area contributed by atoms with Crippen molar-refractivity contribution in [1.29, 1.82) is 0 Å². The van der Waals surface area contributed by atoms with Gasteiger partial charge in [-0.15, -0.1) is 10.2 Å². The molecular formula is C9H6ClFN4OS. The van der Waals surface area contributed by atoms with Crippen LogP contribution in [0, 0.1) is 12.7 Å². The quantitative estimate of drug-likeness (QED) is 0.852. The second-order valence-corrected chi connectivity index (χ2v) is 4.61. The topological polar surface area (TPSA) is 67.8 Å². The number of carbonyl (C=O) groups excluding carboxylic acids is 1. The van der Waals surface area contributed by atoms with Crippen LogP contribution in [0.1, 0.15) is 15.4 Å². The van der Waals surface area contributed by atoms with Gasteiger partial charge in [-0.1, -0.05) is 22.9 Å². The van der Waals surface area contributed by atoms with E-state index in [-0.39, 0.29) is 10.7 Å². The number of rotatable bonds is 2. The van der Waals surface area contributed by atoms with Crippen molar-refractivity contribution >= 4 is 34.0 Å². The first kappa shape index (κ1) is 11.9. The van der Waals surface area contributed by atoms with Crippen LogP contribution in [0.4, 0.5) is 9.52 Å². The van der Waals surface area contributed by atoms with Gasteiger partial charge in [0.2, 0.25) is 5.13 Å². The maximum Gasteiger partial charge on any atom is 0.260 e. The first-order valence-corrected chi connectivity index (χ1v) is 5.68. The number of amides is 1. The Morgan fingerprint density at radius 1 is 1.53 bits per heavy atom. The summed E-state index contributed by atoms with van der Waals surface area (Å²) < 4.78 is 12.9. The number of nitrogens with one attached hydrogen (secondary N) is 1. The normalized spacial score (nSPS) is 10.3. The van der Waals surface area contributed by atoms with E-state index in [0.717, 1.165) is 12.3 Å². The number of aryl methyl sites for hydroxylation is 1. The number of carbonyl (C=O) groups is 1. The Hall–Kier alpha value is -1.60. The largest absolute Gasteiger partial charge is 0.296 e. The number of hydrogen-bond acceptors (Lipinski definition) is 5. The van der Waals surface area contributed by atoms with Gasteiger partial charge in [-0.25, -0.2) is 9.37 Å². The highest BCUT2D eigenvalue weighted by atomic mass is 35.5. The highest BCUT2D eigenvalue weighted by Gasteiger charge is 2.14. The summed E-state index contributed by atoms with van der Waals surface area (Å²) in [5.74, 6) is -1.20. The number of nitrogens with zero attached hydrogens (tertiary/aromatic N) is 3. The lowest BCUT2D eigenvalue weighted by molar-refractivity contribution is 0.102. The van der Waals surface area contributed by atoms with Crippen LogP contribution in [0.25, 0.3) is 0 Å². The van der Waals surface area contributed by atoms with Crippen molar-refractivity contribution in [3.05, 3.63) is 33.8 Å². The lowest BCUT2D eigenvalue weighted by Crippen LogP contribution is -2.13. The minimum absolute atomic E-state index is 0.0421. The standard InChI is InChI=1S/C9H6ClFN4OS/c1-4-14-15-9(17-4)13-8(16)6-2-5(11)3-12-7(6)10/h2-3H,1H3,(H,13,15,16). The zero-order valence-electron chi connectivity index (χ0n) is 8.57. The molecule has 0 spiro atoms. The third-order valence-electron chi connectivity index (χ3n) is 1.80. The molecule has 8 heteroatoms. The lowest BCUT2D eigenvalue weighted by atomic mass is 10.2. The summed E-state index contributed by atoms with van der Waals surface area (Å²) >= 11 is 6.90. The van der Waals surface area contributed by atoms with E-state index in [2.05, 4.69) is 20.5 Å². The fourth-order valence-corrected chi connectivity index (χ4v) is 1.87. The molecule has 17 heavy (non-hydrogen) atoms. The Morgan fingerprint density at radius 2 is 2.29 bits per heavy atom. The van der Waals surface area contributed by atoms with E-state index in [1.54, 1.807) is 6.92 Å². The molecule has 5 nitrogen and oxygen atoms in total. The molecule has 88 valence electrons. The molecule has 0 fully saturated rings. The molecule has 2 aromatic rings. The summed E-state index contributed by atoms with van der Waals surface area (Å²) in [5.41, 5.74) is -0.0421. The van der Waals surface area contributed by atoms with Crippen LogP contribution >= 0.6 is 22.9 Å². The van der Waals surface area contributed by atoms with Gasteiger partial charge < -0.3 is 0 Å². The molecule has 1 N–H and O–H groups in total. The zero-order chi connectivity index (χ0) is 12.4. The summed E-state index contributed by atoms with van der Waals surface area (Å²) in [6.07, 6.45) is 0.939. The Balaban J connectivity index is 2.22. The summed E-state index contributed by atoms with van der Waals surface area (Å²) in [4.78, 5) is 15.3. The zero-order valence-corrected chi connectivity index (χ0v) is 10.1. The average Bonchev–Trinajstić information content (AvgIpc) is 2.67. The van der Waals surface area contributed by atoms with E-state index in [4.69, 9.17) is 11.6 Å². The molecule has 0 aromatic carbocycles. The number of halogens is 2. The smallest absolute Gasteiger partial charge is 0.260 e. The van der Waals surface area contributed by atoms with Gasteiger partial charge in [0.25, 0.3) is 5.91 Å². The van der Waals surface area contributed by atoms with Gasteiger partial charge in [0, 0.05) is 0 Å². The maximum atomic E-state index is 12.9. The van der Waals surface area contributed by atoms with E-state index >= 15 is 0 Å². The fourth-order valence-electron chi connectivity index (χ4n) is 1.09. The molecule has 0 bridgehead atoms. The molecule has 0 saturated heterocycles. The van der Waals surface area contributed by atoms with Crippen molar-refractivity contribution in [2.75, 3.05) is 5.32 Å². The summed E-state index contributed by atoms with van der Waals surface area (Å²) in [6, 6.07) is 1.01. The molecule has 0 radical (unpaired) electrons. The SMILES string of the molecule is Cc1nnc(NC(=O)c2cc(F)cnc2Cl)s1. The Morgan fingerprint density at radius 3 is 2.94 bits per heavy atom. The van der Waals surface area contributed by atoms with Gasteiger partial charge in [-0.05, 0) is 13.0 Å². The molecule has 0 aliphatic heterocycles. The van der Waals surface area contributed by atoms with E-state index in [9.17, 15) is 9.18 Å². The number of pyridine rings is 1. The number of hydrogen-bond donors (Lipinski definition) is 1. The highest BCUT2D eigenvalue weighted by molar-refractivity contribution is 7.15. The van der Waals surface area contributed by atoms with Crippen LogP contribution in [-0.4, -0.2) is 21.1 Å². The molecule has 1 amide bonds. The van der Waals surface area contributed by atoms with Crippen LogP contribution in [0.3, 0.4) is 0 Å². The Bertz CT molecular complexity index is 574. The van der Waals surface area contributed by atoms with Gasteiger partial charge in [-0.2, -0.15) is 0 Å². The first-order valence-electron chi connectivity index (χ1n) is 4.49. The third-order valence-corrected chi connectivity index (χ3v) is 2.85. The van der Waals surface area contributed by atoms with Crippen molar-refractivity contribution in [1.82, 2.24) is 15.2 Å². The van der Waals surface area contributed by atoms with Crippen molar-refractivity contribution in [3.8, 4) is 0 Å². The van der Waals surface area contributed by atoms with Crippen LogP contribution in [0.15, 0.2) is 12.3 Å². The van der Waals surface area contributed by atoms with Gasteiger partial charge in [-0.3, -0.25) is 10.1 Å². The fraction of sp³-hybridized carbons (Fsp3) is 0.111. The van der Waals surface area contributed by atoms with Gasteiger partial charge >= 0.3 is 0 Å². The number of anilines is 1. The highest BCUT2D eigenvalue weighted by Crippen LogP contribution is 2.18. The molecule has 0 aliphatic carbocycles. The molecule has 2 heterocycles. The molecule has 0 aliphatic rings. The monoisotopic (exact) mass is 272 g/mol. The second kappa shape index (κ2) is 4.72. The second-order valence-electron chi connectivity index (χ2n) is 3.07. The van der Waals surface area contributed by atoms with Crippen molar-refractivity contribution in [2.45, 2.75) is 6.92 Å². The van der Waals surface area contributed by atoms with E-state index in [1.807, 2.05) is 0 Å². The van der Waals surface area contributed by atoms with Crippen molar-refractivity contribution < 1.29 is 9.18 Å². The average molecular weight is 273 g/mol. The predicted molar refractivity (Wildman–Crippen MR) is 61.8 cm³/mol. The molecule has 0 saturated carbocycles. The third kappa shape index (κ3) is 2.75. The summed E-state index contributed by atoms with van der Waals surface area (Å²) in [6.45, 7) is 1.75. The summed E-state index contributed by atoms with van der Waals surface area (Å²) in [7, 11) is 0. The maximum absolute atomic E-state index is 12.9. The first-order chi connectivity index (χ1) is 8.06. The number of aromatic nitrogens is 3. The van der Waals surface area contributed by atoms with Gasteiger partial charge in [0.05, 0.1) is 11.8 Å². The van der Waals surface area contributed by atoms with Crippen LogP contribution < -0.4 is 5.32 Å². The van der Waals surface area contributed by atoms with Crippen molar-refractivity contribution in [3.63, 3.8) is 0 Å². The molecule has 2 rings (SSSR count). The van der Waals surface area contributed by atoms with Crippen molar-refractivity contribution in [2.24, 2.45) is 0 Å². The minimum Gasteiger partial charge on any atom is -0.296 e.